The molecule has 1 saturated heterocycles. The van der Waals surface area contributed by atoms with Gasteiger partial charge in [-0.3, -0.25) is 4.90 Å². The van der Waals surface area contributed by atoms with Crippen LogP contribution in [0.15, 0.2) is 35.5 Å². The lowest BCUT2D eigenvalue weighted by Gasteiger charge is -2.38. The topological polar surface area (TPSA) is 40.8 Å². The first-order valence-corrected chi connectivity index (χ1v) is 11.5. The van der Waals surface area contributed by atoms with E-state index < -0.39 is 0 Å². The second kappa shape index (κ2) is 8.22. The Kier molecular flexibility index (Phi) is 5.84. The fourth-order valence-corrected chi connectivity index (χ4v) is 4.75. The van der Waals surface area contributed by atoms with Crippen LogP contribution in [0.25, 0.3) is 0 Å². The summed E-state index contributed by atoms with van der Waals surface area (Å²) in [5, 5.41) is 0. The second-order valence-corrected chi connectivity index (χ2v) is 10.0. The van der Waals surface area contributed by atoms with Gasteiger partial charge < -0.3 is 14.3 Å². The minimum Gasteiger partial charge on any atom is -0.352 e. The maximum atomic E-state index is 11.3. The highest BCUT2D eigenvalue weighted by Crippen LogP contribution is 2.29. The Balaban J connectivity index is 1.62. The van der Waals surface area contributed by atoms with Crippen LogP contribution in [-0.4, -0.2) is 59.2 Å². The Morgan fingerprint density at radius 1 is 1.17 bits per heavy atom. The van der Waals surface area contributed by atoms with E-state index in [1.807, 2.05) is 13.8 Å². The third kappa shape index (κ3) is 4.43. The van der Waals surface area contributed by atoms with Gasteiger partial charge in [-0.1, -0.05) is 20.8 Å². The number of carbonyl (C=O) groups is 1. The summed E-state index contributed by atoms with van der Waals surface area (Å²) in [5.74, 6) is 1.08. The largest absolute Gasteiger partial charge is 0.352 e. The third-order valence-electron chi connectivity index (χ3n) is 5.82. The molecular weight excluding hydrogens is 475 g/mol. The van der Waals surface area contributed by atoms with E-state index >= 15 is 0 Å². The normalized spacial score (nSPS) is 17.4. The van der Waals surface area contributed by atoms with Gasteiger partial charge in [-0.15, -0.1) is 0 Å². The molecule has 2 aliphatic heterocycles. The zero-order valence-corrected chi connectivity index (χ0v) is 19.6. The van der Waals surface area contributed by atoms with Crippen LogP contribution in [0.3, 0.4) is 0 Å². The summed E-state index contributed by atoms with van der Waals surface area (Å²) in [6, 6.07) is 8.83. The van der Waals surface area contributed by atoms with Gasteiger partial charge in [-0.05, 0) is 64.4 Å². The number of rotatable bonds is 4. The molecule has 154 valence electrons. The van der Waals surface area contributed by atoms with Gasteiger partial charge in [0.05, 0.1) is 11.4 Å². The fraction of sp³-hybridized carbons (Fsp3) is 0.478. The minimum absolute atomic E-state index is 0.289. The van der Waals surface area contributed by atoms with Crippen molar-refractivity contribution in [2.45, 2.75) is 33.7 Å². The van der Waals surface area contributed by atoms with Crippen molar-refractivity contribution < 1.29 is 4.79 Å². The monoisotopic (exact) mass is 504 g/mol. The highest BCUT2D eigenvalue weighted by molar-refractivity contribution is 14.1. The lowest BCUT2D eigenvalue weighted by atomic mass is 9.95. The van der Waals surface area contributed by atoms with E-state index in [1.165, 1.54) is 20.4 Å². The molecule has 0 amide bonds. The van der Waals surface area contributed by atoms with Gasteiger partial charge in [0.15, 0.2) is 5.84 Å². The molecule has 0 aliphatic carbocycles. The van der Waals surface area contributed by atoms with Crippen LogP contribution in [0, 0.1) is 8.99 Å². The smallest absolute Gasteiger partial charge is 0.153 e. The number of fused-ring (bicyclic) bond motifs is 2. The number of nitrogens with zero attached hydrogens (tertiary/aromatic N) is 4. The zero-order valence-electron chi connectivity index (χ0n) is 17.5. The first-order valence-electron chi connectivity index (χ1n) is 10.4. The standard InChI is InChI=1S/C23H29IN4O/c1-4-17-11-21-22(27-9-7-26(8-10-27)15-23(2,3)16-29)25-20-6-5-19(24)12-18(20)14-28(21)13-17/h5-6,11-13,16H,4,7-10,14-15H2,1-3H3. The van der Waals surface area contributed by atoms with Crippen molar-refractivity contribution in [3.8, 4) is 0 Å². The Morgan fingerprint density at radius 2 is 1.93 bits per heavy atom. The van der Waals surface area contributed by atoms with E-state index in [-0.39, 0.29) is 5.41 Å². The first-order chi connectivity index (χ1) is 13.9. The third-order valence-corrected chi connectivity index (χ3v) is 6.49. The van der Waals surface area contributed by atoms with Crippen LogP contribution in [0.4, 0.5) is 5.69 Å². The van der Waals surface area contributed by atoms with Crippen molar-refractivity contribution in [3.63, 3.8) is 0 Å². The van der Waals surface area contributed by atoms with E-state index in [0.29, 0.717) is 0 Å². The predicted molar refractivity (Wildman–Crippen MR) is 126 cm³/mol. The molecule has 2 aromatic rings. The van der Waals surface area contributed by atoms with Gasteiger partial charge in [-0.25, -0.2) is 4.99 Å². The molecule has 1 aromatic heterocycles. The number of amidine groups is 1. The summed E-state index contributed by atoms with van der Waals surface area (Å²) < 4.78 is 3.61. The zero-order chi connectivity index (χ0) is 20.6. The highest BCUT2D eigenvalue weighted by Gasteiger charge is 2.28. The maximum absolute atomic E-state index is 11.3. The van der Waals surface area contributed by atoms with E-state index in [2.05, 4.69) is 74.3 Å². The van der Waals surface area contributed by atoms with Crippen LogP contribution in [-0.2, 0) is 17.8 Å². The Bertz CT molecular complexity index is 938. The lowest BCUT2D eigenvalue weighted by Crippen LogP contribution is -2.51. The first kappa shape index (κ1) is 20.6. The summed E-state index contributed by atoms with van der Waals surface area (Å²) in [4.78, 5) is 21.3. The van der Waals surface area contributed by atoms with E-state index in [1.54, 1.807) is 0 Å². The van der Waals surface area contributed by atoms with Crippen LogP contribution < -0.4 is 0 Å². The van der Waals surface area contributed by atoms with Crippen LogP contribution in [0.5, 0.6) is 0 Å². The number of aromatic nitrogens is 1. The second-order valence-electron chi connectivity index (χ2n) is 8.79. The molecule has 0 radical (unpaired) electrons. The van der Waals surface area contributed by atoms with E-state index in [9.17, 15) is 4.79 Å². The van der Waals surface area contributed by atoms with E-state index in [4.69, 9.17) is 4.99 Å². The van der Waals surface area contributed by atoms with Crippen LogP contribution >= 0.6 is 22.6 Å². The number of hydrogen-bond acceptors (Lipinski definition) is 4. The average molecular weight is 504 g/mol. The number of aliphatic imine (C=N–C) groups is 1. The van der Waals surface area contributed by atoms with Crippen molar-refractivity contribution in [2.75, 3.05) is 32.7 Å². The van der Waals surface area contributed by atoms with Gasteiger partial charge in [0.1, 0.15) is 6.29 Å². The molecule has 5 nitrogen and oxygen atoms in total. The molecular formula is C23H29IN4O. The molecule has 6 heteroatoms. The predicted octanol–water partition coefficient (Wildman–Crippen LogP) is 3.94. The number of halogens is 1. The van der Waals surface area contributed by atoms with Crippen molar-refractivity contribution in [3.05, 3.63) is 50.9 Å². The summed E-state index contributed by atoms with van der Waals surface area (Å²) >= 11 is 2.38. The van der Waals surface area contributed by atoms with Crippen molar-refractivity contribution >= 4 is 40.4 Å². The average Bonchev–Trinajstić information content (AvgIpc) is 3.04. The molecule has 0 atom stereocenters. The Hall–Kier alpha value is -1.67. The summed E-state index contributed by atoms with van der Waals surface area (Å²) in [6.45, 7) is 11.7. The van der Waals surface area contributed by atoms with Crippen molar-refractivity contribution in [1.29, 1.82) is 0 Å². The minimum atomic E-state index is -0.289. The lowest BCUT2D eigenvalue weighted by molar-refractivity contribution is -0.115. The van der Waals surface area contributed by atoms with E-state index in [0.717, 1.165) is 63.5 Å². The van der Waals surface area contributed by atoms with Crippen LogP contribution in [0.1, 0.15) is 37.6 Å². The van der Waals surface area contributed by atoms with Gasteiger partial charge in [0.25, 0.3) is 0 Å². The summed E-state index contributed by atoms with van der Waals surface area (Å²) in [7, 11) is 0. The van der Waals surface area contributed by atoms with Gasteiger partial charge in [0, 0.05) is 54.5 Å². The van der Waals surface area contributed by atoms with Crippen molar-refractivity contribution in [2.24, 2.45) is 10.4 Å². The Labute approximate surface area is 186 Å². The number of piperazine rings is 1. The maximum Gasteiger partial charge on any atom is 0.153 e. The molecule has 4 rings (SSSR count). The molecule has 0 saturated carbocycles. The molecule has 29 heavy (non-hydrogen) atoms. The number of hydrogen-bond donors (Lipinski definition) is 0. The Morgan fingerprint density at radius 3 is 2.62 bits per heavy atom. The fourth-order valence-electron chi connectivity index (χ4n) is 4.19. The number of aldehydes is 1. The SMILES string of the molecule is CCc1cc2n(c1)Cc1cc(I)ccc1N=C2N1CCN(CC(C)(C)C=O)CC1. The molecule has 1 fully saturated rings. The summed E-state index contributed by atoms with van der Waals surface area (Å²) in [6.07, 6.45) is 4.38. The number of benzene rings is 1. The van der Waals surface area contributed by atoms with Gasteiger partial charge >= 0.3 is 0 Å². The molecule has 1 aromatic carbocycles. The number of aryl methyl sites for hydroxylation is 1. The molecule has 0 unspecified atom stereocenters. The summed E-state index contributed by atoms with van der Waals surface area (Å²) in [5.41, 5.74) is 4.63. The van der Waals surface area contributed by atoms with Gasteiger partial charge in [-0.2, -0.15) is 0 Å². The molecule has 0 bridgehead atoms. The van der Waals surface area contributed by atoms with Crippen molar-refractivity contribution in [1.82, 2.24) is 14.4 Å². The molecule has 3 heterocycles. The molecule has 0 spiro atoms. The quantitative estimate of drug-likeness (QED) is 0.468. The highest BCUT2D eigenvalue weighted by atomic mass is 127. The number of carbonyl (C=O) groups excluding carboxylic acids is 1. The molecule has 2 aliphatic rings. The van der Waals surface area contributed by atoms with Crippen LogP contribution in [0.2, 0.25) is 0 Å². The molecule has 0 N–H and O–H groups in total. The van der Waals surface area contributed by atoms with Gasteiger partial charge in [0.2, 0.25) is 0 Å².